The summed E-state index contributed by atoms with van der Waals surface area (Å²) in [5, 5.41) is 34.0. The fourth-order valence-electron chi connectivity index (χ4n) is 2.59. The number of urea groups is 1. The van der Waals surface area contributed by atoms with Crippen LogP contribution in [-0.4, -0.2) is 51.3 Å². The van der Waals surface area contributed by atoms with Crippen molar-refractivity contribution < 1.29 is 24.6 Å². The third-order valence-electron chi connectivity index (χ3n) is 4.70. The number of aliphatic hydroxyl groups is 1. The molecule has 0 atom stereocenters. The summed E-state index contributed by atoms with van der Waals surface area (Å²) in [6.45, 7) is 9.65. The Bertz CT molecular complexity index is 868. The molecule has 2 rings (SSSR count). The first kappa shape index (κ1) is 24.1. The lowest BCUT2D eigenvalue weighted by atomic mass is 10.0. The fraction of sp³-hybridized carbons (Fsp3) is 0.435. The molecule has 0 aromatic rings. The Hall–Kier alpha value is -3.13. The van der Waals surface area contributed by atoms with E-state index in [0.29, 0.717) is 53.0 Å². The smallest absolute Gasteiger partial charge is 0.489 e. The van der Waals surface area contributed by atoms with Crippen molar-refractivity contribution in [3.8, 4) is 0 Å². The first-order chi connectivity index (χ1) is 14.6. The number of rotatable bonds is 10. The maximum atomic E-state index is 12.5. The second-order valence-electron chi connectivity index (χ2n) is 8.33. The number of carbonyl (C=O) groups is 1. The van der Waals surface area contributed by atoms with Crippen molar-refractivity contribution in [2.75, 3.05) is 13.2 Å². The molecule has 2 aliphatic carbocycles. The highest BCUT2D eigenvalue weighted by atomic mass is 16.5. The van der Waals surface area contributed by atoms with Gasteiger partial charge in [-0.05, 0) is 55.9 Å². The van der Waals surface area contributed by atoms with Gasteiger partial charge in [-0.1, -0.05) is 18.7 Å². The summed E-state index contributed by atoms with van der Waals surface area (Å²) >= 11 is 0. The molecule has 0 spiro atoms. The van der Waals surface area contributed by atoms with Gasteiger partial charge in [0.15, 0.2) is 17.2 Å². The van der Waals surface area contributed by atoms with Gasteiger partial charge in [-0.25, -0.2) is 0 Å². The molecule has 1 fully saturated rings. The topological polar surface area (TPSA) is 118 Å². The molecule has 0 unspecified atom stereocenters. The Morgan fingerprint density at radius 1 is 1.42 bits per heavy atom. The van der Waals surface area contributed by atoms with Crippen molar-refractivity contribution >= 4 is 17.5 Å². The lowest BCUT2D eigenvalue weighted by molar-refractivity contribution is -0.699. The first-order valence-corrected chi connectivity index (χ1v) is 10.3. The molecule has 5 N–H and O–H groups in total. The van der Waals surface area contributed by atoms with Gasteiger partial charge in [0.1, 0.15) is 0 Å². The molecule has 31 heavy (non-hydrogen) atoms. The third kappa shape index (κ3) is 8.25. The van der Waals surface area contributed by atoms with Crippen LogP contribution >= 0.6 is 0 Å². The highest BCUT2D eigenvalue weighted by molar-refractivity contribution is 6.10. The van der Waals surface area contributed by atoms with Crippen molar-refractivity contribution in [3.63, 3.8) is 0 Å². The summed E-state index contributed by atoms with van der Waals surface area (Å²) in [5.74, 6) is 0.882. The standard InChI is InChI=1S/C23H32N4O4/c1-5-6-7-16(2)27(30)22(28)26-20-12-18(14-25-11-10-23(3,4)29)19(24)13-21(20)31-15-17-8-9-17/h5-7,12-14,17,29H,1,8-11,15H2,2-4H3,(H3-,24,25,26,28,30)/p+1/b7-6-,27-16+. The quantitative estimate of drug-likeness (QED) is 0.0695. The largest absolute Gasteiger partial charge is 0.535 e. The van der Waals surface area contributed by atoms with Crippen molar-refractivity contribution in [3.05, 3.63) is 60.2 Å². The van der Waals surface area contributed by atoms with E-state index in [-0.39, 0.29) is 5.71 Å². The van der Waals surface area contributed by atoms with Gasteiger partial charge in [0.2, 0.25) is 0 Å². The molecule has 0 aromatic carbocycles. The Balaban J connectivity index is 2.18. The fourth-order valence-corrected chi connectivity index (χ4v) is 2.59. The number of hydroxylamine groups is 1. The molecule has 2 aliphatic rings. The summed E-state index contributed by atoms with van der Waals surface area (Å²) in [4.78, 5) is 12.5. The highest BCUT2D eigenvalue weighted by Gasteiger charge is 2.29. The van der Waals surface area contributed by atoms with E-state index in [9.17, 15) is 15.1 Å². The zero-order chi connectivity index (χ0) is 23.0. The summed E-state index contributed by atoms with van der Waals surface area (Å²) in [6, 6.07) is -0.749. The summed E-state index contributed by atoms with van der Waals surface area (Å²) < 4.78 is 6.34. The molecule has 2 amide bonds. The van der Waals surface area contributed by atoms with E-state index in [1.54, 1.807) is 57.4 Å². The number of amides is 2. The number of ether oxygens (including phenoxy) is 1. The SMILES string of the molecule is C=C/C=C\C(C)=[N+](\O)C(=O)NC1=C/C(=C/NCCC(C)(C)O)C(=N)C=C1OCC1CC1. The molecule has 1 saturated carbocycles. The van der Waals surface area contributed by atoms with Crippen molar-refractivity contribution in [1.82, 2.24) is 10.6 Å². The van der Waals surface area contributed by atoms with Gasteiger partial charge in [0.25, 0.3) is 0 Å². The molecule has 0 bridgehead atoms. The van der Waals surface area contributed by atoms with Gasteiger partial charge in [0, 0.05) is 31.3 Å². The van der Waals surface area contributed by atoms with Crippen molar-refractivity contribution in [2.45, 2.75) is 45.6 Å². The molecular formula is C23H33N4O4+. The summed E-state index contributed by atoms with van der Waals surface area (Å²) in [7, 11) is 0. The normalized spacial score (nSPS) is 19.0. The van der Waals surface area contributed by atoms with Crippen LogP contribution in [0.2, 0.25) is 0 Å². The third-order valence-corrected chi connectivity index (χ3v) is 4.70. The Kier molecular flexibility index (Phi) is 8.38. The van der Waals surface area contributed by atoms with Crippen LogP contribution in [0, 0.1) is 11.3 Å². The van der Waals surface area contributed by atoms with Crippen LogP contribution in [0.25, 0.3) is 0 Å². The van der Waals surface area contributed by atoms with Crippen LogP contribution in [0.4, 0.5) is 4.79 Å². The average molecular weight is 430 g/mol. The minimum Gasteiger partial charge on any atom is -0.489 e. The molecule has 168 valence electrons. The van der Waals surface area contributed by atoms with Gasteiger partial charge in [0.05, 0.1) is 17.9 Å². The van der Waals surface area contributed by atoms with Crippen LogP contribution in [0.15, 0.2) is 60.2 Å². The van der Waals surface area contributed by atoms with Crippen LogP contribution in [-0.2, 0) is 4.74 Å². The van der Waals surface area contributed by atoms with Crippen molar-refractivity contribution in [2.24, 2.45) is 5.92 Å². The predicted molar refractivity (Wildman–Crippen MR) is 120 cm³/mol. The molecule has 8 nitrogen and oxygen atoms in total. The van der Waals surface area contributed by atoms with Crippen molar-refractivity contribution in [1.29, 1.82) is 5.41 Å². The van der Waals surface area contributed by atoms with Crippen LogP contribution < -0.4 is 10.6 Å². The number of hydrogen-bond donors (Lipinski definition) is 5. The molecule has 0 saturated heterocycles. The lowest BCUT2D eigenvalue weighted by Gasteiger charge is -2.18. The highest BCUT2D eigenvalue weighted by Crippen LogP contribution is 2.31. The Labute approximate surface area is 183 Å². The number of nitrogens with one attached hydrogen (secondary N) is 3. The van der Waals surface area contributed by atoms with Gasteiger partial charge >= 0.3 is 6.03 Å². The van der Waals surface area contributed by atoms with E-state index in [2.05, 4.69) is 17.2 Å². The molecule has 0 heterocycles. The lowest BCUT2D eigenvalue weighted by Crippen LogP contribution is -2.35. The molecular weight excluding hydrogens is 396 g/mol. The van der Waals surface area contributed by atoms with Gasteiger partial charge in [-0.15, -0.1) is 0 Å². The maximum Gasteiger partial charge on any atom is 0.535 e. The van der Waals surface area contributed by atoms with Gasteiger partial charge in [-0.2, -0.15) is 10.1 Å². The van der Waals surface area contributed by atoms with E-state index in [4.69, 9.17) is 10.1 Å². The summed E-state index contributed by atoms with van der Waals surface area (Å²) in [5.41, 5.74) is 0.661. The Morgan fingerprint density at radius 2 is 2.13 bits per heavy atom. The minimum atomic E-state index is -0.788. The van der Waals surface area contributed by atoms with E-state index in [1.165, 1.54) is 0 Å². The van der Waals surface area contributed by atoms with E-state index in [0.717, 1.165) is 12.8 Å². The molecule has 0 radical (unpaired) electrons. The monoisotopic (exact) mass is 429 g/mol. The number of carbonyl (C=O) groups excluding carboxylic acids is 1. The maximum absolute atomic E-state index is 12.5. The van der Waals surface area contributed by atoms with Gasteiger partial charge in [-0.3, -0.25) is 0 Å². The van der Waals surface area contributed by atoms with Crippen LogP contribution in [0.1, 0.15) is 40.0 Å². The summed E-state index contributed by atoms with van der Waals surface area (Å²) in [6.07, 6.45) is 12.3. The second-order valence-corrected chi connectivity index (χ2v) is 8.33. The van der Waals surface area contributed by atoms with Crippen LogP contribution in [0.3, 0.4) is 0 Å². The Morgan fingerprint density at radius 3 is 2.74 bits per heavy atom. The zero-order valence-electron chi connectivity index (χ0n) is 18.4. The van der Waals surface area contributed by atoms with Crippen LogP contribution in [0.5, 0.6) is 0 Å². The zero-order valence-corrected chi connectivity index (χ0v) is 18.4. The number of hydrogen-bond acceptors (Lipinski definition) is 6. The number of nitrogens with zero attached hydrogens (tertiary/aromatic N) is 1. The second kappa shape index (κ2) is 10.8. The average Bonchev–Trinajstić information content (AvgIpc) is 3.53. The molecule has 0 aromatic heterocycles. The molecule has 8 heteroatoms. The van der Waals surface area contributed by atoms with E-state index >= 15 is 0 Å². The van der Waals surface area contributed by atoms with Gasteiger partial charge < -0.3 is 25.8 Å². The first-order valence-electron chi connectivity index (χ1n) is 10.3. The van der Waals surface area contributed by atoms with E-state index in [1.807, 2.05) is 0 Å². The van der Waals surface area contributed by atoms with E-state index < -0.39 is 11.6 Å². The molecule has 0 aliphatic heterocycles. The predicted octanol–water partition coefficient (Wildman–Crippen LogP) is 3.16. The minimum absolute atomic E-state index is 0.233. The number of allylic oxidation sites excluding steroid dienone is 6.